The number of ether oxygens (including phenoxy) is 2. The molecule has 1 fully saturated rings. The van der Waals surface area contributed by atoms with Crippen molar-refractivity contribution in [1.29, 1.82) is 0 Å². The molecule has 0 aromatic carbocycles. The first-order valence-electron chi connectivity index (χ1n) is 12.7. The van der Waals surface area contributed by atoms with Gasteiger partial charge in [0.05, 0.1) is 30.2 Å². The van der Waals surface area contributed by atoms with Crippen LogP contribution in [0.25, 0.3) is 16.7 Å². The van der Waals surface area contributed by atoms with E-state index in [1.807, 2.05) is 6.07 Å². The normalized spacial score (nSPS) is 15.1. The molecule has 204 valence electrons. The summed E-state index contributed by atoms with van der Waals surface area (Å²) in [5.41, 5.74) is 1.49. The molecular weight excluding hydrogens is 508 g/mol. The third kappa shape index (κ3) is 4.56. The fourth-order valence-electron chi connectivity index (χ4n) is 4.93. The molecule has 11 nitrogen and oxygen atoms in total. The number of nitrogens with zero attached hydrogens (tertiary/aromatic N) is 8. The van der Waals surface area contributed by atoms with Crippen molar-refractivity contribution in [2.45, 2.75) is 51.5 Å². The number of anilines is 2. The van der Waals surface area contributed by atoms with Gasteiger partial charge in [0.15, 0.2) is 23.0 Å². The van der Waals surface area contributed by atoms with Crippen LogP contribution < -0.4 is 10.1 Å². The second-order valence-electron chi connectivity index (χ2n) is 10.6. The van der Waals surface area contributed by atoms with Crippen molar-refractivity contribution in [3.05, 3.63) is 48.3 Å². The Kier molecular flexibility index (Phi) is 6.17. The van der Waals surface area contributed by atoms with E-state index in [9.17, 15) is 8.78 Å². The van der Waals surface area contributed by atoms with Gasteiger partial charge in [-0.2, -0.15) is 15.2 Å². The molecule has 0 radical (unpaired) electrons. The van der Waals surface area contributed by atoms with Crippen molar-refractivity contribution in [3.8, 4) is 11.5 Å². The highest BCUT2D eigenvalue weighted by Crippen LogP contribution is 2.39. The summed E-state index contributed by atoms with van der Waals surface area (Å²) in [4.78, 5) is 12.9. The number of nitrogens with one attached hydrogen (secondary N) is 1. The fourth-order valence-corrected chi connectivity index (χ4v) is 4.93. The van der Waals surface area contributed by atoms with Gasteiger partial charge in [0.25, 0.3) is 6.43 Å². The van der Waals surface area contributed by atoms with Crippen LogP contribution in [0.5, 0.6) is 11.5 Å². The molecule has 6 rings (SSSR count). The number of alkyl halides is 2. The summed E-state index contributed by atoms with van der Waals surface area (Å²) in [7, 11) is 1.66. The Morgan fingerprint density at radius 2 is 1.92 bits per heavy atom. The van der Waals surface area contributed by atoms with E-state index >= 15 is 0 Å². The van der Waals surface area contributed by atoms with Crippen LogP contribution in [0.4, 0.5) is 20.5 Å². The third-order valence-corrected chi connectivity index (χ3v) is 6.91. The predicted octanol–water partition coefficient (Wildman–Crippen LogP) is 5.33. The number of fused-ring (bicyclic) bond motifs is 2. The van der Waals surface area contributed by atoms with Gasteiger partial charge in [-0.3, -0.25) is 9.67 Å². The Morgan fingerprint density at radius 1 is 1.13 bits per heavy atom. The first kappa shape index (κ1) is 25.2. The minimum absolute atomic E-state index is 0.0791. The van der Waals surface area contributed by atoms with Gasteiger partial charge in [-0.1, -0.05) is 20.8 Å². The third-order valence-electron chi connectivity index (χ3n) is 6.91. The average molecular weight is 538 g/mol. The molecule has 0 unspecified atom stereocenters. The van der Waals surface area contributed by atoms with E-state index in [0.717, 1.165) is 18.5 Å². The number of hydrogen-bond acceptors (Lipinski definition) is 8. The summed E-state index contributed by atoms with van der Waals surface area (Å²) in [6.45, 7) is 7.80. The van der Waals surface area contributed by atoms with Crippen LogP contribution in [0.15, 0.2) is 37.1 Å². The van der Waals surface area contributed by atoms with Gasteiger partial charge in [0, 0.05) is 49.8 Å². The summed E-state index contributed by atoms with van der Waals surface area (Å²) < 4.78 is 45.6. The van der Waals surface area contributed by atoms with Gasteiger partial charge >= 0.3 is 0 Å². The van der Waals surface area contributed by atoms with E-state index in [1.54, 1.807) is 34.7 Å². The number of hydrogen-bond donors (Lipinski definition) is 1. The number of aryl methyl sites for hydroxylation is 1. The Labute approximate surface area is 222 Å². The highest BCUT2D eigenvalue weighted by atomic mass is 19.3. The van der Waals surface area contributed by atoms with E-state index in [2.05, 4.69) is 50.8 Å². The summed E-state index contributed by atoms with van der Waals surface area (Å²) in [5.74, 6) is 1.14. The number of imidazole rings is 1. The van der Waals surface area contributed by atoms with Gasteiger partial charge in [0.1, 0.15) is 11.0 Å². The standard InChI is InChI=1S/C26H29F2N9O2/c1-26(2,3)19-11-20(34-37(19)15-5-9-38-10-6-15)32-25-33-24-22(35(25)4)21(23(27)28)18(13-30-24)39-17-14-31-36-8-7-29-12-16(17)36/h7-8,11-15,23H,5-6,9-10H2,1-4H3,(H,30,32,33,34). The van der Waals surface area contributed by atoms with Crippen LogP contribution in [0.3, 0.4) is 0 Å². The van der Waals surface area contributed by atoms with Crippen molar-refractivity contribution < 1.29 is 18.3 Å². The smallest absolute Gasteiger partial charge is 0.269 e. The van der Waals surface area contributed by atoms with Crippen molar-refractivity contribution in [3.63, 3.8) is 0 Å². The van der Waals surface area contributed by atoms with Crippen molar-refractivity contribution >= 4 is 28.4 Å². The van der Waals surface area contributed by atoms with Crippen LogP contribution in [0.2, 0.25) is 0 Å². The molecule has 39 heavy (non-hydrogen) atoms. The zero-order valence-electron chi connectivity index (χ0n) is 22.1. The molecule has 5 aromatic heterocycles. The second-order valence-corrected chi connectivity index (χ2v) is 10.6. The van der Waals surface area contributed by atoms with E-state index < -0.39 is 6.43 Å². The molecule has 1 aliphatic heterocycles. The Hall–Kier alpha value is -4.13. The lowest BCUT2D eigenvalue weighted by molar-refractivity contribution is 0.0646. The molecule has 0 aliphatic carbocycles. The second kappa shape index (κ2) is 9.56. The summed E-state index contributed by atoms with van der Waals surface area (Å²) in [6.07, 6.45) is 6.40. The topological polar surface area (TPSA) is 109 Å². The molecule has 1 aliphatic rings. The summed E-state index contributed by atoms with van der Waals surface area (Å²) >= 11 is 0. The molecule has 1 saturated heterocycles. The van der Waals surface area contributed by atoms with E-state index in [1.165, 1.54) is 12.4 Å². The van der Waals surface area contributed by atoms with Crippen LogP contribution in [0, 0.1) is 0 Å². The average Bonchev–Trinajstić information content (AvgIpc) is 3.61. The van der Waals surface area contributed by atoms with Gasteiger partial charge in [-0.15, -0.1) is 0 Å². The molecule has 0 spiro atoms. The van der Waals surface area contributed by atoms with Gasteiger partial charge in [-0.25, -0.2) is 18.3 Å². The van der Waals surface area contributed by atoms with Gasteiger partial charge in [-0.05, 0) is 12.8 Å². The fraction of sp³-hybridized carbons (Fsp3) is 0.423. The lowest BCUT2D eigenvalue weighted by Gasteiger charge is -2.28. The monoisotopic (exact) mass is 537 g/mol. The molecule has 5 aromatic rings. The maximum Gasteiger partial charge on any atom is 0.269 e. The number of pyridine rings is 1. The minimum Gasteiger partial charge on any atom is -0.451 e. The van der Waals surface area contributed by atoms with Gasteiger partial charge < -0.3 is 19.4 Å². The molecule has 1 N–H and O–H groups in total. The van der Waals surface area contributed by atoms with Crippen LogP contribution in [-0.4, -0.2) is 52.1 Å². The number of rotatable bonds is 6. The van der Waals surface area contributed by atoms with E-state index in [-0.39, 0.29) is 33.9 Å². The predicted molar refractivity (Wildman–Crippen MR) is 140 cm³/mol. The molecule has 0 bridgehead atoms. The molecular formula is C26H29F2N9O2. The molecule has 13 heteroatoms. The van der Waals surface area contributed by atoms with E-state index in [4.69, 9.17) is 14.6 Å². The Balaban J connectivity index is 1.38. The lowest BCUT2D eigenvalue weighted by Crippen LogP contribution is -2.26. The SMILES string of the molecule is Cn1c(Nc2cc(C(C)(C)C)n(C3CCOCC3)n2)nc2ncc(Oc3cnn4ccncc34)c(C(F)F)c21. The van der Waals surface area contributed by atoms with Crippen LogP contribution in [0.1, 0.15) is 57.3 Å². The maximum absolute atomic E-state index is 14.5. The van der Waals surface area contributed by atoms with Crippen molar-refractivity contribution in [1.82, 2.24) is 38.9 Å². The van der Waals surface area contributed by atoms with Crippen molar-refractivity contribution in [2.24, 2.45) is 7.05 Å². The number of halogens is 2. The molecule has 6 heterocycles. The number of aromatic nitrogens is 8. The first-order valence-corrected chi connectivity index (χ1v) is 12.7. The summed E-state index contributed by atoms with van der Waals surface area (Å²) in [5, 5.41) is 12.3. The summed E-state index contributed by atoms with van der Waals surface area (Å²) in [6, 6.07) is 2.22. The Morgan fingerprint density at radius 3 is 2.67 bits per heavy atom. The molecule has 0 saturated carbocycles. The molecule has 0 atom stereocenters. The maximum atomic E-state index is 14.5. The van der Waals surface area contributed by atoms with Crippen LogP contribution in [-0.2, 0) is 17.2 Å². The van der Waals surface area contributed by atoms with Crippen LogP contribution >= 0.6 is 0 Å². The van der Waals surface area contributed by atoms with Gasteiger partial charge in [0.2, 0.25) is 5.95 Å². The highest BCUT2D eigenvalue weighted by Gasteiger charge is 2.28. The van der Waals surface area contributed by atoms with Crippen molar-refractivity contribution in [2.75, 3.05) is 18.5 Å². The minimum atomic E-state index is -2.84. The first-order chi connectivity index (χ1) is 18.7. The zero-order valence-corrected chi connectivity index (χ0v) is 22.1. The quantitative estimate of drug-likeness (QED) is 0.310. The molecule has 0 amide bonds. The Bertz CT molecular complexity index is 1640. The largest absolute Gasteiger partial charge is 0.451 e. The van der Waals surface area contributed by atoms with E-state index in [0.29, 0.717) is 36.2 Å². The lowest BCUT2D eigenvalue weighted by atomic mass is 9.91. The zero-order chi connectivity index (χ0) is 27.3. The highest BCUT2D eigenvalue weighted by molar-refractivity contribution is 5.82.